The van der Waals surface area contributed by atoms with Crippen molar-refractivity contribution >= 4 is 29.9 Å². The normalized spacial score (nSPS) is 11.2. The molecule has 0 spiro atoms. The van der Waals surface area contributed by atoms with E-state index in [-0.39, 0.29) is 24.0 Å². The van der Waals surface area contributed by atoms with Crippen molar-refractivity contribution in [2.24, 2.45) is 10.9 Å². The van der Waals surface area contributed by atoms with Crippen molar-refractivity contribution in [1.82, 2.24) is 15.6 Å². The van der Waals surface area contributed by atoms with Gasteiger partial charge in [-0.25, -0.2) is 0 Å². The fraction of sp³-hybridized carbons (Fsp3) is 0.625. The third-order valence-corrected chi connectivity index (χ3v) is 3.27. The number of hydrogen-bond donors (Lipinski definition) is 2. The Morgan fingerprint density at radius 1 is 1.29 bits per heavy atom. The van der Waals surface area contributed by atoms with Gasteiger partial charge in [0.15, 0.2) is 5.96 Å². The van der Waals surface area contributed by atoms with Crippen molar-refractivity contribution in [3.63, 3.8) is 0 Å². The first-order chi connectivity index (χ1) is 9.63. The summed E-state index contributed by atoms with van der Waals surface area (Å²) in [6.45, 7) is 8.28. The van der Waals surface area contributed by atoms with Crippen LogP contribution in [0.2, 0.25) is 0 Å². The molecular formula is C16H29IN4. The molecule has 21 heavy (non-hydrogen) atoms. The Labute approximate surface area is 146 Å². The maximum atomic E-state index is 4.37. The molecule has 1 rings (SSSR count). The molecule has 5 heteroatoms. The zero-order valence-corrected chi connectivity index (χ0v) is 16.0. The van der Waals surface area contributed by atoms with E-state index in [1.807, 2.05) is 12.3 Å². The Morgan fingerprint density at radius 3 is 2.67 bits per heavy atom. The van der Waals surface area contributed by atoms with Crippen molar-refractivity contribution in [3.05, 3.63) is 29.6 Å². The van der Waals surface area contributed by atoms with Gasteiger partial charge in [0.2, 0.25) is 0 Å². The maximum absolute atomic E-state index is 4.37. The average molecular weight is 404 g/mol. The zero-order valence-electron chi connectivity index (χ0n) is 13.6. The smallest absolute Gasteiger partial charge is 0.191 e. The highest BCUT2D eigenvalue weighted by atomic mass is 127. The van der Waals surface area contributed by atoms with Crippen LogP contribution in [0.25, 0.3) is 0 Å². The molecule has 0 bridgehead atoms. The van der Waals surface area contributed by atoms with Crippen molar-refractivity contribution in [1.29, 1.82) is 0 Å². The molecule has 0 aliphatic carbocycles. The number of rotatable bonds is 7. The molecule has 0 aliphatic heterocycles. The zero-order chi connectivity index (χ0) is 14.8. The number of pyridine rings is 1. The van der Waals surface area contributed by atoms with E-state index in [4.69, 9.17) is 0 Å². The van der Waals surface area contributed by atoms with Crippen molar-refractivity contribution in [2.45, 2.75) is 46.6 Å². The van der Waals surface area contributed by atoms with E-state index in [0.29, 0.717) is 6.54 Å². The number of unbranched alkanes of at least 4 members (excludes halogenated alkanes) is 1. The summed E-state index contributed by atoms with van der Waals surface area (Å²) in [6.07, 6.45) is 5.56. The number of nitrogens with one attached hydrogen (secondary N) is 2. The summed E-state index contributed by atoms with van der Waals surface area (Å²) in [6, 6.07) is 4.03. The minimum atomic E-state index is 0. The fourth-order valence-electron chi connectivity index (χ4n) is 1.98. The molecule has 0 aliphatic rings. The summed E-state index contributed by atoms with van der Waals surface area (Å²) >= 11 is 0. The molecule has 0 fully saturated rings. The maximum Gasteiger partial charge on any atom is 0.191 e. The molecule has 0 atom stereocenters. The van der Waals surface area contributed by atoms with E-state index < -0.39 is 0 Å². The molecule has 0 radical (unpaired) electrons. The number of guanidine groups is 1. The van der Waals surface area contributed by atoms with Crippen molar-refractivity contribution in [2.75, 3.05) is 13.6 Å². The van der Waals surface area contributed by atoms with E-state index in [2.05, 4.69) is 47.4 Å². The molecule has 1 aromatic heterocycles. The summed E-state index contributed by atoms with van der Waals surface area (Å²) < 4.78 is 0. The van der Waals surface area contributed by atoms with Crippen LogP contribution in [0, 0.1) is 12.8 Å². The average Bonchev–Trinajstić information content (AvgIpc) is 2.43. The van der Waals surface area contributed by atoms with Gasteiger partial charge in [-0.05, 0) is 30.9 Å². The van der Waals surface area contributed by atoms with Crippen LogP contribution in [0.1, 0.15) is 44.4 Å². The Hall–Kier alpha value is -0.850. The van der Waals surface area contributed by atoms with Crippen LogP contribution >= 0.6 is 24.0 Å². The number of hydrogen-bond acceptors (Lipinski definition) is 2. The van der Waals surface area contributed by atoms with Crippen LogP contribution < -0.4 is 10.6 Å². The molecule has 0 amide bonds. The second-order valence-corrected chi connectivity index (χ2v) is 5.51. The van der Waals surface area contributed by atoms with Gasteiger partial charge in [0.25, 0.3) is 0 Å². The molecule has 0 unspecified atom stereocenters. The van der Waals surface area contributed by atoms with Crippen LogP contribution in [-0.4, -0.2) is 24.5 Å². The first kappa shape index (κ1) is 20.1. The molecule has 4 nitrogen and oxygen atoms in total. The van der Waals surface area contributed by atoms with Crippen LogP contribution in [0.3, 0.4) is 0 Å². The van der Waals surface area contributed by atoms with Gasteiger partial charge in [-0.2, -0.15) is 0 Å². The van der Waals surface area contributed by atoms with Crippen molar-refractivity contribution in [3.8, 4) is 0 Å². The van der Waals surface area contributed by atoms with Gasteiger partial charge in [0.05, 0.1) is 12.2 Å². The molecule has 1 aromatic rings. The SMILES string of the molecule is CN=C(NCCCCC(C)C)NCc1ncccc1C.I. The topological polar surface area (TPSA) is 49.3 Å². The van der Waals surface area contributed by atoms with E-state index >= 15 is 0 Å². The first-order valence-corrected chi connectivity index (χ1v) is 7.48. The third kappa shape index (κ3) is 8.90. The highest BCUT2D eigenvalue weighted by molar-refractivity contribution is 14.0. The summed E-state index contributed by atoms with van der Waals surface area (Å²) in [5, 5.41) is 6.65. The Bertz CT molecular complexity index is 418. The number of aryl methyl sites for hydroxylation is 1. The van der Waals surface area contributed by atoms with Crippen LogP contribution in [0.4, 0.5) is 0 Å². The summed E-state index contributed by atoms with van der Waals surface area (Å²) in [5.41, 5.74) is 2.27. The summed E-state index contributed by atoms with van der Waals surface area (Å²) in [4.78, 5) is 8.60. The molecule has 0 saturated heterocycles. The van der Waals surface area contributed by atoms with E-state index in [1.165, 1.54) is 24.8 Å². The molecule has 2 N–H and O–H groups in total. The fourth-order valence-corrected chi connectivity index (χ4v) is 1.98. The monoisotopic (exact) mass is 404 g/mol. The third-order valence-electron chi connectivity index (χ3n) is 3.27. The minimum Gasteiger partial charge on any atom is -0.356 e. The molecule has 0 aromatic carbocycles. The lowest BCUT2D eigenvalue weighted by Crippen LogP contribution is -2.37. The largest absolute Gasteiger partial charge is 0.356 e. The van der Waals surface area contributed by atoms with Gasteiger partial charge in [0, 0.05) is 19.8 Å². The van der Waals surface area contributed by atoms with E-state index in [1.54, 1.807) is 7.05 Å². The summed E-state index contributed by atoms with van der Waals surface area (Å²) in [5.74, 6) is 1.64. The second kappa shape index (κ2) is 11.8. The highest BCUT2D eigenvalue weighted by Gasteiger charge is 2.01. The van der Waals surface area contributed by atoms with Crippen LogP contribution in [0.5, 0.6) is 0 Å². The van der Waals surface area contributed by atoms with Gasteiger partial charge < -0.3 is 10.6 Å². The van der Waals surface area contributed by atoms with Gasteiger partial charge >= 0.3 is 0 Å². The summed E-state index contributed by atoms with van der Waals surface area (Å²) in [7, 11) is 1.80. The van der Waals surface area contributed by atoms with Gasteiger partial charge in [-0.3, -0.25) is 9.98 Å². The number of aromatic nitrogens is 1. The number of halogens is 1. The van der Waals surface area contributed by atoms with Crippen molar-refractivity contribution < 1.29 is 0 Å². The molecule has 0 saturated carbocycles. The Balaban J connectivity index is 0.00000400. The standard InChI is InChI=1S/C16H28N4.HI/c1-13(2)8-5-6-10-19-16(17-4)20-12-15-14(3)9-7-11-18-15;/h7,9,11,13H,5-6,8,10,12H2,1-4H3,(H2,17,19,20);1H. The van der Waals surface area contributed by atoms with E-state index in [9.17, 15) is 0 Å². The number of aliphatic imine (C=N–C) groups is 1. The predicted molar refractivity (Wildman–Crippen MR) is 101 cm³/mol. The first-order valence-electron chi connectivity index (χ1n) is 7.48. The van der Waals surface area contributed by atoms with Gasteiger partial charge in [-0.15, -0.1) is 24.0 Å². The minimum absolute atomic E-state index is 0. The Kier molecular flexibility index (Phi) is 11.3. The van der Waals surface area contributed by atoms with Gasteiger partial charge in [-0.1, -0.05) is 32.8 Å². The molecular weight excluding hydrogens is 375 g/mol. The number of nitrogens with zero attached hydrogens (tertiary/aromatic N) is 2. The lowest BCUT2D eigenvalue weighted by atomic mass is 10.1. The lowest BCUT2D eigenvalue weighted by Gasteiger charge is -2.12. The quantitative estimate of drug-likeness (QED) is 0.317. The molecule has 120 valence electrons. The van der Waals surface area contributed by atoms with E-state index in [0.717, 1.165) is 24.1 Å². The molecule has 1 heterocycles. The predicted octanol–water partition coefficient (Wildman–Crippen LogP) is 3.50. The highest BCUT2D eigenvalue weighted by Crippen LogP contribution is 2.05. The lowest BCUT2D eigenvalue weighted by molar-refractivity contribution is 0.534. The Morgan fingerprint density at radius 2 is 2.05 bits per heavy atom. The van der Waals surface area contributed by atoms with Gasteiger partial charge in [0.1, 0.15) is 0 Å². The van der Waals surface area contributed by atoms with Crippen LogP contribution in [0.15, 0.2) is 23.3 Å². The van der Waals surface area contributed by atoms with Crippen LogP contribution in [-0.2, 0) is 6.54 Å². The second-order valence-electron chi connectivity index (χ2n) is 5.51.